The molecule has 0 aromatic rings. The number of esters is 1. The Morgan fingerprint density at radius 1 is 0.638 bits per heavy atom. The van der Waals surface area contributed by atoms with Gasteiger partial charge in [0.25, 0.3) is 0 Å². The van der Waals surface area contributed by atoms with Crippen LogP contribution in [0.3, 0.4) is 0 Å². The van der Waals surface area contributed by atoms with Gasteiger partial charge in [-0.1, -0.05) is 142 Å². The van der Waals surface area contributed by atoms with E-state index in [1.165, 1.54) is 109 Å². The first-order valence-electron chi connectivity index (χ1n) is 19.2. The molecule has 0 radical (unpaired) electrons. The van der Waals surface area contributed by atoms with Gasteiger partial charge in [-0.3, -0.25) is 13.8 Å². The Morgan fingerprint density at radius 3 is 1.60 bits per heavy atom. The lowest BCUT2D eigenvalue weighted by Gasteiger charge is -2.20. The third-order valence-electron chi connectivity index (χ3n) is 8.20. The summed E-state index contributed by atoms with van der Waals surface area (Å²) in [6.45, 7) is 3.50. The van der Waals surface area contributed by atoms with Crippen molar-refractivity contribution in [3.05, 3.63) is 12.2 Å². The number of hydrogen-bond donors (Lipinski definition) is 3. The molecule has 0 saturated heterocycles. The molecule has 3 unspecified atom stereocenters. The maximum absolute atomic E-state index is 12.5. The minimum atomic E-state index is -4.50. The van der Waals surface area contributed by atoms with Gasteiger partial charge in [-0.2, -0.15) is 0 Å². The molecule has 0 aliphatic carbocycles. The molecule has 3 atom stereocenters. The third kappa shape index (κ3) is 34.8. The van der Waals surface area contributed by atoms with Gasteiger partial charge in [0.15, 0.2) is 0 Å². The highest BCUT2D eigenvalue weighted by molar-refractivity contribution is 7.47. The SMILES string of the molecule is CCCCCCCC/C=C\CCCCCCCCCC(=O)OC(COCCCCCCCCCCC)COP(=O)(O)OCC(O)CO. The Morgan fingerprint density at radius 2 is 1.09 bits per heavy atom. The van der Waals surface area contributed by atoms with Crippen LogP contribution in [-0.2, 0) is 27.9 Å². The number of ether oxygens (including phenoxy) is 2. The summed E-state index contributed by atoms with van der Waals surface area (Å²) in [5, 5.41) is 18.3. The van der Waals surface area contributed by atoms with Crippen LogP contribution in [0, 0.1) is 0 Å². The Bertz CT molecular complexity index is 749. The van der Waals surface area contributed by atoms with Gasteiger partial charge in [0.05, 0.1) is 26.4 Å². The van der Waals surface area contributed by atoms with Gasteiger partial charge in [0.2, 0.25) is 0 Å². The molecule has 47 heavy (non-hydrogen) atoms. The zero-order valence-electron chi connectivity index (χ0n) is 30.3. The monoisotopic (exact) mass is 692 g/mol. The number of carbonyl (C=O) groups excluding carboxylic acids is 1. The van der Waals surface area contributed by atoms with E-state index < -0.39 is 33.2 Å². The topological polar surface area (TPSA) is 132 Å². The summed E-state index contributed by atoms with van der Waals surface area (Å²) in [7, 11) is -4.50. The molecule has 280 valence electrons. The molecule has 0 bridgehead atoms. The summed E-state index contributed by atoms with van der Waals surface area (Å²) in [5.74, 6) is -0.387. The lowest BCUT2D eigenvalue weighted by atomic mass is 10.1. The zero-order valence-corrected chi connectivity index (χ0v) is 31.2. The minimum Gasteiger partial charge on any atom is -0.457 e. The number of carbonyl (C=O) groups is 1. The molecule has 0 spiro atoms. The van der Waals surface area contributed by atoms with E-state index in [1.807, 2.05) is 0 Å². The molecule has 0 aliphatic rings. The third-order valence-corrected chi connectivity index (χ3v) is 9.15. The molecule has 0 rings (SSSR count). The first-order valence-corrected chi connectivity index (χ1v) is 20.7. The summed E-state index contributed by atoms with van der Waals surface area (Å²) < 4.78 is 33.2. The number of rotatable bonds is 37. The molecule has 0 aromatic carbocycles. The van der Waals surface area contributed by atoms with Gasteiger partial charge in [-0.05, 0) is 38.5 Å². The number of hydrogen-bond acceptors (Lipinski definition) is 8. The van der Waals surface area contributed by atoms with Crippen molar-refractivity contribution in [1.29, 1.82) is 0 Å². The van der Waals surface area contributed by atoms with Crippen molar-refractivity contribution in [3.63, 3.8) is 0 Å². The van der Waals surface area contributed by atoms with Crippen LogP contribution in [0.4, 0.5) is 0 Å². The minimum absolute atomic E-state index is 0.0518. The Hall–Kier alpha value is -0.800. The van der Waals surface area contributed by atoms with E-state index in [1.54, 1.807) is 0 Å². The Labute approximate surface area is 288 Å². The van der Waals surface area contributed by atoms with Crippen molar-refractivity contribution >= 4 is 13.8 Å². The largest absolute Gasteiger partial charge is 0.472 e. The summed E-state index contributed by atoms with van der Waals surface area (Å²) in [4.78, 5) is 22.4. The van der Waals surface area contributed by atoms with E-state index in [-0.39, 0.29) is 25.6 Å². The highest BCUT2D eigenvalue weighted by Gasteiger charge is 2.26. The highest BCUT2D eigenvalue weighted by atomic mass is 31.2. The van der Waals surface area contributed by atoms with E-state index in [4.69, 9.17) is 23.6 Å². The van der Waals surface area contributed by atoms with Crippen molar-refractivity contribution in [3.8, 4) is 0 Å². The molecule has 0 amide bonds. The van der Waals surface area contributed by atoms with Gasteiger partial charge >= 0.3 is 13.8 Å². The van der Waals surface area contributed by atoms with Crippen molar-refractivity contribution in [2.24, 2.45) is 0 Å². The molecule has 9 nitrogen and oxygen atoms in total. The highest BCUT2D eigenvalue weighted by Crippen LogP contribution is 2.43. The van der Waals surface area contributed by atoms with Crippen LogP contribution < -0.4 is 0 Å². The molecule has 0 aromatic heterocycles. The quantitative estimate of drug-likeness (QED) is 0.0252. The van der Waals surface area contributed by atoms with Crippen LogP contribution in [0.25, 0.3) is 0 Å². The van der Waals surface area contributed by atoms with E-state index in [2.05, 4.69) is 26.0 Å². The maximum atomic E-state index is 12.5. The van der Waals surface area contributed by atoms with Crippen molar-refractivity contribution < 1.29 is 43.0 Å². The normalized spacial score (nSPS) is 14.4. The fourth-order valence-corrected chi connectivity index (χ4v) is 6.02. The second kappa shape index (κ2) is 35.0. The van der Waals surface area contributed by atoms with E-state index in [9.17, 15) is 19.4 Å². The molecule has 10 heteroatoms. The van der Waals surface area contributed by atoms with Crippen LogP contribution in [0.15, 0.2) is 12.2 Å². The number of aliphatic hydroxyl groups is 2. The van der Waals surface area contributed by atoms with Gasteiger partial charge in [-0.15, -0.1) is 0 Å². The standard InChI is InChI=1S/C37H73O9P/c1-3-5-7-9-11-13-14-15-16-17-18-19-20-21-23-25-27-29-37(40)46-36(34-45-47(41,42)44-32-35(39)31-38)33-43-30-28-26-24-22-12-10-8-6-4-2/h15-16,35-36,38-39H,3-14,17-34H2,1-2H3,(H,41,42)/b16-15-. The molecular weight excluding hydrogens is 619 g/mol. The van der Waals surface area contributed by atoms with Crippen molar-refractivity contribution in [2.45, 2.75) is 187 Å². The number of unbranched alkanes of at least 4 members (excludes halogenated alkanes) is 21. The van der Waals surface area contributed by atoms with E-state index in [0.29, 0.717) is 6.61 Å². The van der Waals surface area contributed by atoms with Gasteiger partial charge < -0.3 is 24.6 Å². The van der Waals surface area contributed by atoms with Crippen LogP contribution in [-0.4, -0.2) is 66.3 Å². The lowest BCUT2D eigenvalue weighted by Crippen LogP contribution is -2.29. The average molecular weight is 693 g/mol. The second-order valence-corrected chi connectivity index (χ2v) is 14.4. The second-order valence-electron chi connectivity index (χ2n) is 13.0. The van der Waals surface area contributed by atoms with Crippen LogP contribution >= 0.6 is 7.82 Å². The maximum Gasteiger partial charge on any atom is 0.472 e. The predicted octanol–water partition coefficient (Wildman–Crippen LogP) is 9.75. The van der Waals surface area contributed by atoms with Crippen LogP contribution in [0.1, 0.15) is 174 Å². The molecule has 0 aliphatic heterocycles. The fourth-order valence-electron chi connectivity index (χ4n) is 5.23. The van der Waals surface area contributed by atoms with Crippen LogP contribution in [0.2, 0.25) is 0 Å². The molecule has 0 heterocycles. The number of phosphoric ester groups is 1. The van der Waals surface area contributed by atoms with Crippen LogP contribution in [0.5, 0.6) is 0 Å². The Kier molecular flexibility index (Phi) is 34.4. The summed E-state index contributed by atoms with van der Waals surface area (Å²) in [6, 6.07) is 0. The zero-order chi connectivity index (χ0) is 34.7. The summed E-state index contributed by atoms with van der Waals surface area (Å²) in [5.41, 5.74) is 0. The van der Waals surface area contributed by atoms with Gasteiger partial charge in [0, 0.05) is 13.0 Å². The van der Waals surface area contributed by atoms with Gasteiger partial charge in [-0.25, -0.2) is 4.57 Å². The van der Waals surface area contributed by atoms with Gasteiger partial charge in [0.1, 0.15) is 12.2 Å². The van der Waals surface area contributed by atoms with Crippen molar-refractivity contribution in [1.82, 2.24) is 0 Å². The van der Waals surface area contributed by atoms with E-state index >= 15 is 0 Å². The number of aliphatic hydroxyl groups excluding tert-OH is 2. The number of allylic oxidation sites excluding steroid dienone is 2. The summed E-state index contributed by atoms with van der Waals surface area (Å²) >= 11 is 0. The van der Waals surface area contributed by atoms with E-state index in [0.717, 1.165) is 44.9 Å². The first kappa shape index (κ1) is 46.2. The predicted molar refractivity (Wildman–Crippen MR) is 191 cm³/mol. The first-order chi connectivity index (χ1) is 22.8. The average Bonchev–Trinajstić information content (AvgIpc) is 3.06. The lowest BCUT2D eigenvalue weighted by molar-refractivity contribution is -0.154. The molecule has 0 saturated carbocycles. The molecule has 0 fully saturated rings. The Balaban J connectivity index is 4.17. The molecule has 3 N–H and O–H groups in total. The fraction of sp³-hybridized carbons (Fsp3) is 0.919. The van der Waals surface area contributed by atoms with Crippen molar-refractivity contribution in [2.75, 3.05) is 33.0 Å². The molecular formula is C37H73O9P. The number of phosphoric acid groups is 1. The summed E-state index contributed by atoms with van der Waals surface area (Å²) in [6.07, 6.45) is 31.7. The smallest absolute Gasteiger partial charge is 0.457 e.